The third-order valence-corrected chi connectivity index (χ3v) is 4.50. The number of carbonyl (C=O) groups excluding carboxylic acids is 1. The lowest BCUT2D eigenvalue weighted by Crippen LogP contribution is -2.24. The molecule has 4 rings (SSSR count). The summed E-state index contributed by atoms with van der Waals surface area (Å²) < 4.78 is 0. The molecule has 0 radical (unpaired) electrons. The van der Waals surface area contributed by atoms with E-state index in [9.17, 15) is 4.79 Å². The van der Waals surface area contributed by atoms with Gasteiger partial charge in [0.1, 0.15) is 0 Å². The molecule has 4 aromatic rings. The first-order valence-electron chi connectivity index (χ1n) is 8.88. The molecule has 0 saturated heterocycles. The van der Waals surface area contributed by atoms with Gasteiger partial charge in [-0.15, -0.1) is 0 Å². The number of aromatic nitrogens is 2. The normalized spacial score (nSPS) is 12.5. The minimum Gasteiger partial charge on any atom is -0.346 e. The molecule has 0 saturated carbocycles. The monoisotopic (exact) mass is 353 g/mol. The van der Waals surface area contributed by atoms with E-state index in [1.807, 2.05) is 49.4 Å². The summed E-state index contributed by atoms with van der Waals surface area (Å²) in [5.41, 5.74) is 3.37. The average Bonchev–Trinajstić information content (AvgIpc) is 2.71. The molecule has 0 bridgehead atoms. The van der Waals surface area contributed by atoms with Gasteiger partial charge in [0.15, 0.2) is 0 Å². The van der Waals surface area contributed by atoms with Crippen LogP contribution in [-0.2, 0) is 4.79 Å². The molecule has 1 unspecified atom stereocenters. The Hall–Kier alpha value is -3.53. The third kappa shape index (κ3) is 3.85. The maximum atomic E-state index is 12.3. The molecule has 1 N–H and O–H groups in total. The van der Waals surface area contributed by atoms with Gasteiger partial charge in [0.2, 0.25) is 5.91 Å². The number of benzene rings is 3. The Balaban J connectivity index is 1.46. The Bertz CT molecular complexity index is 1150. The number of fused-ring (bicyclic) bond motifs is 2. The summed E-state index contributed by atoms with van der Waals surface area (Å²) in [7, 11) is 0. The van der Waals surface area contributed by atoms with Gasteiger partial charge >= 0.3 is 0 Å². The molecule has 1 heterocycles. The van der Waals surface area contributed by atoms with Crippen LogP contribution in [0.5, 0.6) is 0 Å². The second-order valence-electron chi connectivity index (χ2n) is 6.45. The average molecular weight is 353 g/mol. The second-order valence-corrected chi connectivity index (χ2v) is 6.45. The maximum absolute atomic E-state index is 12.3. The van der Waals surface area contributed by atoms with Gasteiger partial charge in [-0.1, -0.05) is 48.5 Å². The van der Waals surface area contributed by atoms with Crippen molar-refractivity contribution in [1.29, 1.82) is 0 Å². The van der Waals surface area contributed by atoms with E-state index in [1.54, 1.807) is 12.3 Å². The molecule has 0 fully saturated rings. The number of nitrogens with zero attached hydrogens (tertiary/aromatic N) is 2. The lowest BCUT2D eigenvalue weighted by Gasteiger charge is -2.13. The van der Waals surface area contributed by atoms with E-state index < -0.39 is 0 Å². The molecular weight excluding hydrogens is 334 g/mol. The Kier molecular flexibility index (Phi) is 4.62. The molecule has 1 amide bonds. The molecule has 3 aromatic carbocycles. The van der Waals surface area contributed by atoms with Gasteiger partial charge in [-0.2, -0.15) is 0 Å². The highest BCUT2D eigenvalue weighted by molar-refractivity contribution is 5.92. The van der Waals surface area contributed by atoms with Crippen LogP contribution in [0.3, 0.4) is 0 Å². The molecule has 0 aliphatic rings. The molecular formula is C23H19N3O. The van der Waals surface area contributed by atoms with Crippen LogP contribution in [0.4, 0.5) is 0 Å². The van der Waals surface area contributed by atoms with E-state index in [2.05, 4.69) is 39.6 Å². The topological polar surface area (TPSA) is 54.9 Å². The first-order valence-corrected chi connectivity index (χ1v) is 8.88. The van der Waals surface area contributed by atoms with Gasteiger partial charge < -0.3 is 5.32 Å². The number of hydrogen-bond donors (Lipinski definition) is 1. The summed E-state index contributed by atoms with van der Waals surface area (Å²) in [4.78, 5) is 21.1. The molecule has 1 aromatic heterocycles. The van der Waals surface area contributed by atoms with E-state index in [0.29, 0.717) is 5.69 Å². The SMILES string of the molecule is CC(NC(=O)/C=C/c1cnc2ccccc2n1)c1ccc2ccccc2c1. The van der Waals surface area contributed by atoms with Crippen LogP contribution < -0.4 is 5.32 Å². The predicted octanol–water partition coefficient (Wildman–Crippen LogP) is 4.67. The summed E-state index contributed by atoms with van der Waals surface area (Å²) >= 11 is 0. The van der Waals surface area contributed by atoms with Gasteiger partial charge in [0.25, 0.3) is 0 Å². The zero-order chi connectivity index (χ0) is 18.6. The minimum atomic E-state index is -0.161. The van der Waals surface area contributed by atoms with E-state index in [0.717, 1.165) is 22.0 Å². The van der Waals surface area contributed by atoms with Crippen molar-refractivity contribution in [2.24, 2.45) is 0 Å². The van der Waals surface area contributed by atoms with Gasteiger partial charge in [-0.05, 0) is 47.5 Å². The Labute approximate surface area is 157 Å². The van der Waals surface area contributed by atoms with E-state index in [1.165, 1.54) is 11.5 Å². The largest absolute Gasteiger partial charge is 0.346 e. The Morgan fingerprint density at radius 3 is 2.56 bits per heavy atom. The van der Waals surface area contributed by atoms with Crippen molar-refractivity contribution < 1.29 is 4.79 Å². The zero-order valence-electron chi connectivity index (χ0n) is 15.0. The van der Waals surface area contributed by atoms with Gasteiger partial charge in [0, 0.05) is 6.08 Å². The van der Waals surface area contributed by atoms with Crippen molar-refractivity contribution >= 4 is 33.8 Å². The number of para-hydroxylation sites is 2. The van der Waals surface area contributed by atoms with Crippen LogP contribution in [0.1, 0.15) is 24.2 Å². The van der Waals surface area contributed by atoms with E-state index >= 15 is 0 Å². The molecule has 0 aliphatic carbocycles. The first kappa shape index (κ1) is 16.9. The lowest BCUT2D eigenvalue weighted by molar-refractivity contribution is -0.117. The summed E-state index contributed by atoms with van der Waals surface area (Å²) in [5, 5.41) is 5.35. The molecule has 0 aliphatic heterocycles. The smallest absolute Gasteiger partial charge is 0.244 e. The lowest BCUT2D eigenvalue weighted by atomic mass is 10.0. The van der Waals surface area contributed by atoms with Crippen LogP contribution in [-0.4, -0.2) is 15.9 Å². The molecule has 27 heavy (non-hydrogen) atoms. The predicted molar refractivity (Wildman–Crippen MR) is 109 cm³/mol. The fraction of sp³-hybridized carbons (Fsp3) is 0.0870. The Morgan fingerprint density at radius 1 is 0.963 bits per heavy atom. The number of amides is 1. The standard InChI is InChI=1S/C23H19N3O/c1-16(18-11-10-17-6-2-3-7-19(17)14-18)25-23(27)13-12-20-15-24-21-8-4-5-9-22(21)26-20/h2-16H,1H3,(H,25,27)/b13-12+. The van der Waals surface area contributed by atoms with Crippen molar-refractivity contribution in [3.63, 3.8) is 0 Å². The highest BCUT2D eigenvalue weighted by atomic mass is 16.1. The minimum absolute atomic E-state index is 0.0885. The van der Waals surface area contributed by atoms with Crippen LogP contribution in [0.2, 0.25) is 0 Å². The molecule has 132 valence electrons. The highest BCUT2D eigenvalue weighted by Crippen LogP contribution is 2.20. The van der Waals surface area contributed by atoms with Crippen molar-refractivity contribution in [3.05, 3.63) is 90.3 Å². The van der Waals surface area contributed by atoms with Crippen LogP contribution >= 0.6 is 0 Å². The van der Waals surface area contributed by atoms with Crippen LogP contribution in [0.25, 0.3) is 27.9 Å². The molecule has 4 nitrogen and oxygen atoms in total. The van der Waals surface area contributed by atoms with Crippen LogP contribution in [0.15, 0.2) is 79.0 Å². The molecule has 4 heteroatoms. The van der Waals surface area contributed by atoms with Crippen LogP contribution in [0, 0.1) is 0 Å². The first-order chi connectivity index (χ1) is 13.2. The summed E-state index contributed by atoms with van der Waals surface area (Å²) in [6.45, 7) is 1.98. The third-order valence-electron chi connectivity index (χ3n) is 4.50. The summed E-state index contributed by atoms with van der Waals surface area (Å²) in [5.74, 6) is -0.161. The van der Waals surface area contributed by atoms with Crippen molar-refractivity contribution in [2.45, 2.75) is 13.0 Å². The van der Waals surface area contributed by atoms with E-state index in [4.69, 9.17) is 0 Å². The second kappa shape index (κ2) is 7.38. The quantitative estimate of drug-likeness (QED) is 0.542. The number of carbonyl (C=O) groups is 1. The van der Waals surface area contributed by atoms with E-state index in [-0.39, 0.29) is 11.9 Å². The summed E-state index contributed by atoms with van der Waals surface area (Å²) in [6.07, 6.45) is 4.84. The highest BCUT2D eigenvalue weighted by Gasteiger charge is 2.08. The van der Waals surface area contributed by atoms with Gasteiger partial charge in [-0.25, -0.2) is 4.98 Å². The summed E-state index contributed by atoms with van der Waals surface area (Å²) in [6, 6.07) is 22.0. The molecule has 0 spiro atoms. The van der Waals surface area contributed by atoms with Gasteiger partial charge in [-0.3, -0.25) is 9.78 Å². The zero-order valence-corrected chi connectivity index (χ0v) is 15.0. The maximum Gasteiger partial charge on any atom is 0.244 e. The number of nitrogens with one attached hydrogen (secondary N) is 1. The van der Waals surface area contributed by atoms with Crippen molar-refractivity contribution in [1.82, 2.24) is 15.3 Å². The number of rotatable bonds is 4. The fourth-order valence-corrected chi connectivity index (χ4v) is 3.03. The fourth-order valence-electron chi connectivity index (χ4n) is 3.03. The number of hydrogen-bond acceptors (Lipinski definition) is 3. The van der Waals surface area contributed by atoms with Gasteiger partial charge in [0.05, 0.1) is 29.0 Å². The van der Waals surface area contributed by atoms with Crippen molar-refractivity contribution in [3.8, 4) is 0 Å². The van der Waals surface area contributed by atoms with Crippen molar-refractivity contribution in [2.75, 3.05) is 0 Å². The molecule has 1 atom stereocenters. The Morgan fingerprint density at radius 2 is 1.70 bits per heavy atom.